The molecule has 1 rings (SSSR count). The molecule has 0 radical (unpaired) electrons. The number of hydrogen-bond acceptors (Lipinski definition) is 3. The lowest BCUT2D eigenvalue weighted by molar-refractivity contribution is 0.104. The Morgan fingerprint density at radius 2 is 2.46 bits per heavy atom. The highest BCUT2D eigenvalue weighted by Gasteiger charge is 2.15. The fourth-order valence-corrected chi connectivity index (χ4v) is 1.77. The number of aryl methyl sites for hydroxylation is 1. The van der Waals surface area contributed by atoms with Gasteiger partial charge in [0.25, 0.3) is 0 Å². The van der Waals surface area contributed by atoms with E-state index in [4.69, 9.17) is 4.74 Å². The molecule has 0 bridgehead atoms. The van der Waals surface area contributed by atoms with Crippen molar-refractivity contribution in [3.8, 4) is 0 Å². The van der Waals surface area contributed by atoms with Crippen LogP contribution in [0.4, 0.5) is 0 Å². The molecule has 0 amide bonds. The molecule has 13 heavy (non-hydrogen) atoms. The Bertz CT molecular complexity index is 256. The minimum Gasteiger partial charge on any atom is -0.387 e. The van der Waals surface area contributed by atoms with Crippen molar-refractivity contribution in [2.45, 2.75) is 12.5 Å². The van der Waals surface area contributed by atoms with Gasteiger partial charge in [0.15, 0.2) is 0 Å². The summed E-state index contributed by atoms with van der Waals surface area (Å²) < 4.78 is 7.37. The molecule has 0 spiro atoms. The van der Waals surface area contributed by atoms with Crippen LogP contribution in [-0.4, -0.2) is 28.6 Å². The summed E-state index contributed by atoms with van der Waals surface area (Å²) in [5.74, 6) is 0. The highest BCUT2D eigenvalue weighted by Crippen LogP contribution is 2.24. The summed E-state index contributed by atoms with van der Waals surface area (Å²) in [6, 6.07) is 0. The number of hydrogen-bond donors (Lipinski definition) is 1. The zero-order chi connectivity index (χ0) is 9.84. The van der Waals surface area contributed by atoms with Crippen LogP contribution in [0.25, 0.3) is 0 Å². The second kappa shape index (κ2) is 4.74. The van der Waals surface area contributed by atoms with Gasteiger partial charge in [-0.2, -0.15) is 5.10 Å². The Balaban J connectivity index is 2.69. The van der Waals surface area contributed by atoms with Crippen molar-refractivity contribution >= 4 is 15.9 Å². The molecular formula is C8H13BrN2O2. The van der Waals surface area contributed by atoms with Crippen LogP contribution in [0.2, 0.25) is 0 Å². The monoisotopic (exact) mass is 248 g/mol. The lowest BCUT2D eigenvalue weighted by Gasteiger charge is -2.10. The molecule has 0 aliphatic heterocycles. The molecular weight excluding hydrogens is 236 g/mol. The molecule has 0 fully saturated rings. The second-order valence-electron chi connectivity index (χ2n) is 2.80. The normalized spacial score (nSPS) is 13.2. The van der Waals surface area contributed by atoms with Gasteiger partial charge >= 0.3 is 0 Å². The van der Waals surface area contributed by atoms with Gasteiger partial charge < -0.3 is 9.84 Å². The maximum absolute atomic E-state index is 9.73. The van der Waals surface area contributed by atoms with E-state index in [-0.39, 0.29) is 0 Å². The first-order valence-corrected chi connectivity index (χ1v) is 4.80. The van der Waals surface area contributed by atoms with Crippen molar-refractivity contribution in [2.75, 3.05) is 13.7 Å². The van der Waals surface area contributed by atoms with Gasteiger partial charge in [0.1, 0.15) is 0 Å². The topological polar surface area (TPSA) is 47.3 Å². The van der Waals surface area contributed by atoms with Crippen LogP contribution in [0.3, 0.4) is 0 Å². The van der Waals surface area contributed by atoms with E-state index in [9.17, 15) is 5.11 Å². The first-order valence-electron chi connectivity index (χ1n) is 4.01. The molecule has 1 atom stereocenters. The first kappa shape index (κ1) is 10.7. The standard InChI is InChI=1S/C8H13BrN2O2/c1-11-8(6(9)5-10-11)7(12)3-4-13-2/h5,7,12H,3-4H2,1-2H3. The maximum atomic E-state index is 9.73. The van der Waals surface area contributed by atoms with Gasteiger partial charge in [-0.1, -0.05) is 0 Å². The fourth-order valence-electron chi connectivity index (χ4n) is 1.16. The Hall–Kier alpha value is -0.390. The van der Waals surface area contributed by atoms with E-state index in [1.165, 1.54) is 0 Å². The van der Waals surface area contributed by atoms with Crippen molar-refractivity contribution < 1.29 is 9.84 Å². The third-order valence-corrected chi connectivity index (χ3v) is 2.46. The summed E-state index contributed by atoms with van der Waals surface area (Å²) in [7, 11) is 3.42. The summed E-state index contributed by atoms with van der Waals surface area (Å²) in [5.41, 5.74) is 0.789. The molecule has 0 aromatic carbocycles. The summed E-state index contributed by atoms with van der Waals surface area (Å²) in [6.07, 6.45) is 1.72. The van der Waals surface area contributed by atoms with E-state index in [0.29, 0.717) is 13.0 Å². The molecule has 4 nitrogen and oxygen atoms in total. The zero-order valence-corrected chi connectivity index (χ0v) is 9.28. The van der Waals surface area contributed by atoms with Crippen molar-refractivity contribution in [1.29, 1.82) is 0 Å². The van der Waals surface area contributed by atoms with Crippen LogP contribution < -0.4 is 0 Å². The lowest BCUT2D eigenvalue weighted by Crippen LogP contribution is -2.08. The number of aliphatic hydroxyl groups excluding tert-OH is 1. The Morgan fingerprint density at radius 1 is 1.77 bits per heavy atom. The minimum atomic E-state index is -0.526. The van der Waals surface area contributed by atoms with Gasteiger partial charge in [0, 0.05) is 27.2 Å². The Labute approximate surface area is 85.6 Å². The van der Waals surface area contributed by atoms with Crippen LogP contribution in [0.5, 0.6) is 0 Å². The van der Waals surface area contributed by atoms with Crippen LogP contribution in [0.15, 0.2) is 10.7 Å². The summed E-state index contributed by atoms with van der Waals surface area (Å²) >= 11 is 3.33. The van der Waals surface area contributed by atoms with Crippen molar-refractivity contribution in [2.24, 2.45) is 7.05 Å². The quantitative estimate of drug-likeness (QED) is 0.873. The first-order chi connectivity index (χ1) is 6.16. The Kier molecular flexibility index (Phi) is 3.90. The number of aromatic nitrogens is 2. The molecule has 0 aliphatic rings. The molecule has 74 valence electrons. The predicted molar refractivity (Wildman–Crippen MR) is 52.4 cm³/mol. The van der Waals surface area contributed by atoms with E-state index in [2.05, 4.69) is 21.0 Å². The number of methoxy groups -OCH3 is 1. The molecule has 1 N–H and O–H groups in total. The molecule has 1 heterocycles. The van der Waals surface area contributed by atoms with Crippen molar-refractivity contribution in [1.82, 2.24) is 9.78 Å². The average molecular weight is 249 g/mol. The number of ether oxygens (including phenoxy) is 1. The largest absolute Gasteiger partial charge is 0.387 e. The maximum Gasteiger partial charge on any atom is 0.0989 e. The third-order valence-electron chi connectivity index (χ3n) is 1.85. The molecule has 0 saturated heterocycles. The predicted octanol–water partition coefficient (Wildman–Crippen LogP) is 1.25. The molecule has 0 aliphatic carbocycles. The molecule has 5 heteroatoms. The average Bonchev–Trinajstić information content (AvgIpc) is 2.42. The van der Waals surface area contributed by atoms with E-state index in [1.54, 1.807) is 25.0 Å². The fraction of sp³-hybridized carbons (Fsp3) is 0.625. The van der Waals surface area contributed by atoms with Gasteiger partial charge in [-0.15, -0.1) is 0 Å². The van der Waals surface area contributed by atoms with Gasteiger partial charge in [-0.05, 0) is 15.9 Å². The number of nitrogens with zero attached hydrogens (tertiary/aromatic N) is 2. The molecule has 1 unspecified atom stereocenters. The van der Waals surface area contributed by atoms with E-state index >= 15 is 0 Å². The van der Waals surface area contributed by atoms with Crippen LogP contribution in [0.1, 0.15) is 18.2 Å². The van der Waals surface area contributed by atoms with E-state index < -0.39 is 6.10 Å². The van der Waals surface area contributed by atoms with Crippen LogP contribution in [0, 0.1) is 0 Å². The minimum absolute atomic E-state index is 0.526. The van der Waals surface area contributed by atoms with Crippen LogP contribution in [-0.2, 0) is 11.8 Å². The SMILES string of the molecule is COCCC(O)c1c(Br)cnn1C. The lowest BCUT2D eigenvalue weighted by atomic mass is 10.2. The second-order valence-corrected chi connectivity index (χ2v) is 3.65. The zero-order valence-electron chi connectivity index (χ0n) is 7.70. The summed E-state index contributed by atoms with van der Waals surface area (Å²) in [5, 5.41) is 13.7. The van der Waals surface area contributed by atoms with Gasteiger partial charge in [-0.25, -0.2) is 0 Å². The molecule has 0 saturated carbocycles. The van der Waals surface area contributed by atoms with Gasteiger partial charge in [0.05, 0.1) is 22.5 Å². The van der Waals surface area contributed by atoms with Crippen molar-refractivity contribution in [3.05, 3.63) is 16.4 Å². The third kappa shape index (κ3) is 2.52. The number of aliphatic hydroxyl groups is 1. The highest BCUT2D eigenvalue weighted by atomic mass is 79.9. The summed E-state index contributed by atoms with van der Waals surface area (Å²) in [4.78, 5) is 0. The van der Waals surface area contributed by atoms with Crippen molar-refractivity contribution in [3.63, 3.8) is 0 Å². The van der Waals surface area contributed by atoms with Gasteiger partial charge in [0.2, 0.25) is 0 Å². The summed E-state index contributed by atoms with van der Waals surface area (Å²) in [6.45, 7) is 0.540. The smallest absolute Gasteiger partial charge is 0.0989 e. The number of halogens is 1. The highest BCUT2D eigenvalue weighted by molar-refractivity contribution is 9.10. The van der Waals surface area contributed by atoms with Crippen LogP contribution >= 0.6 is 15.9 Å². The number of rotatable bonds is 4. The molecule has 1 aromatic rings. The Morgan fingerprint density at radius 3 is 2.92 bits per heavy atom. The van der Waals surface area contributed by atoms with E-state index in [0.717, 1.165) is 10.2 Å². The molecule has 1 aromatic heterocycles. The van der Waals surface area contributed by atoms with Gasteiger partial charge in [-0.3, -0.25) is 4.68 Å². The van der Waals surface area contributed by atoms with E-state index in [1.807, 2.05) is 0 Å².